The largest absolute Gasteiger partial charge is 0.389 e. The molecule has 17 heavy (non-hydrogen) atoms. The minimum absolute atomic E-state index is 0.463. The SMILES string of the molecule is CCCn1nccc1CNCC1(O)CCCC1. The van der Waals surface area contributed by atoms with E-state index in [4.69, 9.17) is 0 Å². The summed E-state index contributed by atoms with van der Waals surface area (Å²) in [5.41, 5.74) is 0.740. The van der Waals surface area contributed by atoms with Crippen LogP contribution in [0.3, 0.4) is 0 Å². The summed E-state index contributed by atoms with van der Waals surface area (Å²) in [7, 11) is 0. The minimum atomic E-state index is -0.463. The first kappa shape index (κ1) is 12.6. The highest BCUT2D eigenvalue weighted by Crippen LogP contribution is 2.28. The molecule has 1 heterocycles. The molecular formula is C13H23N3O. The lowest BCUT2D eigenvalue weighted by Gasteiger charge is -2.22. The second-order valence-electron chi connectivity index (χ2n) is 5.08. The van der Waals surface area contributed by atoms with Gasteiger partial charge in [-0.2, -0.15) is 5.10 Å². The molecule has 96 valence electrons. The molecule has 0 spiro atoms. The molecule has 1 aliphatic carbocycles. The average Bonchev–Trinajstić information content (AvgIpc) is 2.90. The smallest absolute Gasteiger partial charge is 0.0771 e. The molecule has 1 fully saturated rings. The van der Waals surface area contributed by atoms with Gasteiger partial charge in [0.25, 0.3) is 0 Å². The molecule has 0 aromatic carbocycles. The second kappa shape index (κ2) is 5.65. The molecule has 2 N–H and O–H groups in total. The van der Waals surface area contributed by atoms with Gasteiger partial charge in [-0.3, -0.25) is 4.68 Å². The molecule has 0 radical (unpaired) electrons. The van der Waals surface area contributed by atoms with Gasteiger partial charge in [0.2, 0.25) is 0 Å². The third kappa shape index (κ3) is 3.30. The Bertz CT molecular complexity index is 342. The Hall–Kier alpha value is -0.870. The zero-order chi connectivity index (χ0) is 12.1. The lowest BCUT2D eigenvalue weighted by molar-refractivity contribution is 0.0473. The standard InChI is InChI=1S/C13H23N3O/c1-2-9-16-12(5-8-15-16)10-14-11-13(17)6-3-4-7-13/h5,8,14,17H,2-4,6-7,9-11H2,1H3. The van der Waals surface area contributed by atoms with Gasteiger partial charge in [-0.05, 0) is 25.3 Å². The number of nitrogens with zero attached hydrogens (tertiary/aromatic N) is 2. The fourth-order valence-corrected chi connectivity index (χ4v) is 2.56. The summed E-state index contributed by atoms with van der Waals surface area (Å²) in [4.78, 5) is 0. The van der Waals surface area contributed by atoms with Gasteiger partial charge in [0.05, 0.1) is 11.3 Å². The molecule has 0 atom stereocenters. The van der Waals surface area contributed by atoms with Crippen LogP contribution in [0, 0.1) is 0 Å². The lowest BCUT2D eigenvalue weighted by atomic mass is 10.0. The quantitative estimate of drug-likeness (QED) is 0.791. The van der Waals surface area contributed by atoms with Crippen molar-refractivity contribution in [2.24, 2.45) is 0 Å². The highest BCUT2D eigenvalue weighted by molar-refractivity contribution is 5.00. The molecule has 0 bridgehead atoms. The Balaban J connectivity index is 1.79. The van der Waals surface area contributed by atoms with E-state index in [1.54, 1.807) is 0 Å². The predicted molar refractivity (Wildman–Crippen MR) is 67.6 cm³/mol. The summed E-state index contributed by atoms with van der Waals surface area (Å²) >= 11 is 0. The number of rotatable bonds is 6. The van der Waals surface area contributed by atoms with Gasteiger partial charge in [-0.25, -0.2) is 0 Å². The number of hydrogen-bond acceptors (Lipinski definition) is 3. The van der Waals surface area contributed by atoms with E-state index in [2.05, 4.69) is 17.3 Å². The summed E-state index contributed by atoms with van der Waals surface area (Å²) in [6.45, 7) is 4.61. The Morgan fingerprint density at radius 1 is 1.47 bits per heavy atom. The Kier molecular flexibility index (Phi) is 4.18. The number of aromatic nitrogens is 2. The Morgan fingerprint density at radius 3 is 2.94 bits per heavy atom. The summed E-state index contributed by atoms with van der Waals surface area (Å²) in [5.74, 6) is 0. The first-order chi connectivity index (χ1) is 8.23. The third-order valence-electron chi connectivity index (χ3n) is 3.53. The van der Waals surface area contributed by atoms with Gasteiger partial charge in [0, 0.05) is 25.8 Å². The van der Waals surface area contributed by atoms with Crippen molar-refractivity contribution < 1.29 is 5.11 Å². The van der Waals surface area contributed by atoms with Crippen LogP contribution in [0.2, 0.25) is 0 Å². The maximum absolute atomic E-state index is 10.2. The van der Waals surface area contributed by atoms with Crippen molar-refractivity contribution in [3.05, 3.63) is 18.0 Å². The van der Waals surface area contributed by atoms with Crippen molar-refractivity contribution in [1.82, 2.24) is 15.1 Å². The van der Waals surface area contributed by atoms with E-state index in [1.165, 1.54) is 5.69 Å². The summed E-state index contributed by atoms with van der Waals surface area (Å²) in [6.07, 6.45) is 7.13. The van der Waals surface area contributed by atoms with E-state index in [0.717, 1.165) is 45.2 Å². The summed E-state index contributed by atoms with van der Waals surface area (Å²) in [6, 6.07) is 2.04. The topological polar surface area (TPSA) is 50.1 Å². The van der Waals surface area contributed by atoms with Gasteiger partial charge in [-0.1, -0.05) is 19.8 Å². The van der Waals surface area contributed by atoms with E-state index >= 15 is 0 Å². The molecule has 0 aliphatic heterocycles. The van der Waals surface area contributed by atoms with Gasteiger partial charge in [-0.15, -0.1) is 0 Å². The van der Waals surface area contributed by atoms with Gasteiger partial charge in [0.1, 0.15) is 0 Å². The molecule has 1 aliphatic rings. The van der Waals surface area contributed by atoms with Crippen molar-refractivity contribution in [2.75, 3.05) is 6.54 Å². The van der Waals surface area contributed by atoms with Crippen LogP contribution < -0.4 is 5.32 Å². The van der Waals surface area contributed by atoms with Crippen molar-refractivity contribution in [2.45, 2.75) is 57.7 Å². The molecule has 0 unspecified atom stereocenters. The minimum Gasteiger partial charge on any atom is -0.389 e. The van der Waals surface area contributed by atoms with Crippen LogP contribution in [0.4, 0.5) is 0 Å². The zero-order valence-corrected chi connectivity index (χ0v) is 10.7. The van der Waals surface area contributed by atoms with Crippen molar-refractivity contribution in [3.63, 3.8) is 0 Å². The fraction of sp³-hybridized carbons (Fsp3) is 0.769. The highest BCUT2D eigenvalue weighted by Gasteiger charge is 2.30. The van der Waals surface area contributed by atoms with Crippen LogP contribution in [0.5, 0.6) is 0 Å². The fourth-order valence-electron chi connectivity index (χ4n) is 2.56. The van der Waals surface area contributed by atoms with Crippen LogP contribution in [-0.2, 0) is 13.1 Å². The maximum atomic E-state index is 10.2. The van der Waals surface area contributed by atoms with E-state index in [0.29, 0.717) is 6.54 Å². The summed E-state index contributed by atoms with van der Waals surface area (Å²) in [5, 5.41) is 17.9. The number of nitrogens with one attached hydrogen (secondary N) is 1. The number of hydrogen-bond donors (Lipinski definition) is 2. The van der Waals surface area contributed by atoms with Crippen LogP contribution in [0.25, 0.3) is 0 Å². The van der Waals surface area contributed by atoms with Crippen molar-refractivity contribution in [1.29, 1.82) is 0 Å². The highest BCUT2D eigenvalue weighted by atomic mass is 16.3. The number of aryl methyl sites for hydroxylation is 1. The molecule has 1 aromatic rings. The second-order valence-corrected chi connectivity index (χ2v) is 5.08. The van der Waals surface area contributed by atoms with E-state index in [9.17, 15) is 5.11 Å². The van der Waals surface area contributed by atoms with Crippen LogP contribution in [-0.4, -0.2) is 27.0 Å². The third-order valence-corrected chi connectivity index (χ3v) is 3.53. The zero-order valence-electron chi connectivity index (χ0n) is 10.7. The first-order valence-corrected chi connectivity index (χ1v) is 6.67. The first-order valence-electron chi connectivity index (χ1n) is 6.67. The molecule has 2 rings (SSSR count). The molecule has 0 amide bonds. The molecular weight excluding hydrogens is 214 g/mol. The Labute approximate surface area is 103 Å². The van der Waals surface area contributed by atoms with Gasteiger partial charge < -0.3 is 10.4 Å². The average molecular weight is 237 g/mol. The van der Waals surface area contributed by atoms with Crippen molar-refractivity contribution in [3.8, 4) is 0 Å². The van der Waals surface area contributed by atoms with Gasteiger partial charge in [0.15, 0.2) is 0 Å². The summed E-state index contributed by atoms with van der Waals surface area (Å²) < 4.78 is 2.03. The van der Waals surface area contributed by atoms with E-state index < -0.39 is 5.60 Å². The monoisotopic (exact) mass is 237 g/mol. The Morgan fingerprint density at radius 2 is 2.24 bits per heavy atom. The van der Waals surface area contributed by atoms with Gasteiger partial charge >= 0.3 is 0 Å². The lowest BCUT2D eigenvalue weighted by Crippen LogP contribution is -2.37. The maximum Gasteiger partial charge on any atom is 0.0771 e. The molecule has 1 aromatic heterocycles. The van der Waals surface area contributed by atoms with E-state index in [1.807, 2.05) is 16.9 Å². The molecule has 0 saturated heterocycles. The van der Waals surface area contributed by atoms with E-state index in [-0.39, 0.29) is 0 Å². The molecule has 4 heteroatoms. The number of aliphatic hydroxyl groups is 1. The van der Waals surface area contributed by atoms with Crippen LogP contribution in [0.15, 0.2) is 12.3 Å². The molecule has 4 nitrogen and oxygen atoms in total. The normalized spacial score (nSPS) is 18.7. The van der Waals surface area contributed by atoms with Crippen LogP contribution >= 0.6 is 0 Å². The van der Waals surface area contributed by atoms with Crippen molar-refractivity contribution >= 4 is 0 Å². The predicted octanol–water partition coefficient (Wildman–Crippen LogP) is 1.69. The van der Waals surface area contributed by atoms with Crippen LogP contribution in [0.1, 0.15) is 44.7 Å². The molecule has 1 saturated carbocycles.